The Bertz CT molecular complexity index is 790. The molecule has 1 aliphatic heterocycles. The number of hydrogen-bond donors (Lipinski definition) is 1. The van der Waals surface area contributed by atoms with Gasteiger partial charge < -0.3 is 20.2 Å². The summed E-state index contributed by atoms with van der Waals surface area (Å²) >= 11 is 0. The van der Waals surface area contributed by atoms with Crippen LogP contribution in [0.2, 0.25) is 0 Å². The lowest BCUT2D eigenvalue weighted by Crippen LogP contribution is -2.43. The Morgan fingerprint density at radius 1 is 1.10 bits per heavy atom. The Morgan fingerprint density at radius 3 is 2.33 bits per heavy atom. The van der Waals surface area contributed by atoms with Crippen molar-refractivity contribution >= 4 is 17.5 Å². The highest BCUT2D eigenvalue weighted by Crippen LogP contribution is 2.34. The van der Waals surface area contributed by atoms with Crippen LogP contribution in [0.3, 0.4) is 0 Å². The molecule has 1 aromatic carbocycles. The highest BCUT2D eigenvalue weighted by molar-refractivity contribution is 5.84. The van der Waals surface area contributed by atoms with Crippen LogP contribution in [0.4, 0.5) is 19.3 Å². The summed E-state index contributed by atoms with van der Waals surface area (Å²) in [6.07, 6.45) is 3.84. The van der Waals surface area contributed by atoms with Gasteiger partial charge in [0.25, 0.3) is 0 Å². The first kappa shape index (κ1) is 22.3. The number of nitrogens with zero attached hydrogens (tertiary/aromatic N) is 2. The SMILES string of the molecule is CC(C)(C)OC(=O)N1CCC(ON=C2CCC(c3cc(F)c(N)cc3F)CC2)CC1. The van der Waals surface area contributed by atoms with Crippen LogP contribution in [-0.2, 0) is 9.57 Å². The number of anilines is 1. The molecule has 1 aliphatic carbocycles. The molecule has 1 aromatic rings. The molecule has 0 unspecified atom stereocenters. The average molecular weight is 424 g/mol. The topological polar surface area (TPSA) is 77.1 Å². The normalized spacial score (nSPS) is 20.8. The third kappa shape index (κ3) is 5.83. The molecular formula is C22H31F2N3O3. The number of nitrogens with two attached hydrogens (primary N) is 1. The lowest BCUT2D eigenvalue weighted by molar-refractivity contribution is -0.0103. The first-order valence-corrected chi connectivity index (χ1v) is 10.6. The predicted octanol–water partition coefficient (Wildman–Crippen LogP) is 4.98. The summed E-state index contributed by atoms with van der Waals surface area (Å²) in [5.74, 6) is -1.07. The van der Waals surface area contributed by atoms with E-state index in [0.717, 1.165) is 11.8 Å². The van der Waals surface area contributed by atoms with E-state index in [-0.39, 0.29) is 23.8 Å². The van der Waals surface area contributed by atoms with Crippen molar-refractivity contribution in [2.24, 2.45) is 5.16 Å². The fourth-order valence-corrected chi connectivity index (χ4v) is 3.86. The number of carbonyl (C=O) groups is 1. The number of nitrogen functional groups attached to an aromatic ring is 1. The van der Waals surface area contributed by atoms with Crippen LogP contribution in [0.1, 0.15) is 70.8 Å². The second kappa shape index (κ2) is 9.18. The maximum absolute atomic E-state index is 14.1. The van der Waals surface area contributed by atoms with Gasteiger partial charge in [0.15, 0.2) is 0 Å². The van der Waals surface area contributed by atoms with Crippen molar-refractivity contribution in [1.82, 2.24) is 4.90 Å². The lowest BCUT2D eigenvalue weighted by atomic mass is 9.83. The van der Waals surface area contributed by atoms with E-state index >= 15 is 0 Å². The number of oxime groups is 1. The smallest absolute Gasteiger partial charge is 0.410 e. The van der Waals surface area contributed by atoms with Gasteiger partial charge in [-0.25, -0.2) is 13.6 Å². The fourth-order valence-electron chi connectivity index (χ4n) is 3.86. The van der Waals surface area contributed by atoms with Gasteiger partial charge >= 0.3 is 6.09 Å². The van der Waals surface area contributed by atoms with E-state index in [1.165, 1.54) is 6.07 Å². The molecule has 6 nitrogen and oxygen atoms in total. The first-order valence-electron chi connectivity index (χ1n) is 10.6. The monoisotopic (exact) mass is 423 g/mol. The quantitative estimate of drug-likeness (QED) is 0.550. The molecule has 2 aliphatic rings. The van der Waals surface area contributed by atoms with Crippen molar-refractivity contribution in [2.75, 3.05) is 18.8 Å². The minimum atomic E-state index is -0.577. The molecule has 1 saturated carbocycles. The van der Waals surface area contributed by atoms with E-state index in [9.17, 15) is 13.6 Å². The number of amides is 1. The minimum Gasteiger partial charge on any atom is -0.444 e. The van der Waals surface area contributed by atoms with Crippen LogP contribution in [0, 0.1) is 11.6 Å². The molecule has 166 valence electrons. The first-order chi connectivity index (χ1) is 14.1. The summed E-state index contributed by atoms with van der Waals surface area (Å²) in [5.41, 5.74) is 6.08. The zero-order valence-corrected chi connectivity index (χ0v) is 17.9. The van der Waals surface area contributed by atoms with Crippen LogP contribution in [0.15, 0.2) is 17.3 Å². The van der Waals surface area contributed by atoms with E-state index in [2.05, 4.69) is 5.16 Å². The van der Waals surface area contributed by atoms with E-state index in [0.29, 0.717) is 57.2 Å². The molecule has 2 N–H and O–H groups in total. The molecule has 1 amide bonds. The number of halogens is 2. The van der Waals surface area contributed by atoms with Crippen LogP contribution >= 0.6 is 0 Å². The molecule has 0 bridgehead atoms. The third-order valence-electron chi connectivity index (χ3n) is 5.54. The zero-order valence-electron chi connectivity index (χ0n) is 17.9. The molecule has 0 spiro atoms. The molecular weight excluding hydrogens is 392 g/mol. The molecule has 8 heteroatoms. The Hall–Kier alpha value is -2.38. The summed E-state index contributed by atoms with van der Waals surface area (Å²) in [6.45, 7) is 6.71. The van der Waals surface area contributed by atoms with Crippen molar-refractivity contribution in [3.05, 3.63) is 29.3 Å². The molecule has 0 radical (unpaired) electrons. The number of piperidine rings is 1. The fraction of sp³-hybridized carbons (Fsp3) is 0.636. The van der Waals surface area contributed by atoms with Crippen molar-refractivity contribution in [2.45, 2.75) is 76.9 Å². The van der Waals surface area contributed by atoms with Crippen LogP contribution < -0.4 is 5.73 Å². The van der Waals surface area contributed by atoms with Crippen molar-refractivity contribution in [1.29, 1.82) is 0 Å². The van der Waals surface area contributed by atoms with Gasteiger partial charge in [0.2, 0.25) is 0 Å². The van der Waals surface area contributed by atoms with Gasteiger partial charge in [0, 0.05) is 32.0 Å². The molecule has 0 atom stereocenters. The van der Waals surface area contributed by atoms with Gasteiger partial charge in [-0.2, -0.15) is 0 Å². The summed E-state index contributed by atoms with van der Waals surface area (Å²) in [7, 11) is 0. The number of hydrogen-bond acceptors (Lipinski definition) is 5. The largest absolute Gasteiger partial charge is 0.444 e. The Morgan fingerprint density at radius 2 is 1.73 bits per heavy atom. The van der Waals surface area contributed by atoms with Gasteiger partial charge in [-0.3, -0.25) is 0 Å². The molecule has 1 heterocycles. The highest BCUT2D eigenvalue weighted by atomic mass is 19.1. The third-order valence-corrected chi connectivity index (χ3v) is 5.54. The number of likely N-dealkylation sites (tertiary alicyclic amines) is 1. The van der Waals surface area contributed by atoms with Gasteiger partial charge in [-0.05, 0) is 64.0 Å². The summed E-state index contributed by atoms with van der Waals surface area (Å²) in [4.78, 5) is 19.5. The minimum absolute atomic E-state index is 0.0300. The summed E-state index contributed by atoms with van der Waals surface area (Å²) in [6, 6.07) is 2.27. The molecule has 2 fully saturated rings. The summed E-state index contributed by atoms with van der Waals surface area (Å²) in [5, 5.41) is 4.31. The highest BCUT2D eigenvalue weighted by Gasteiger charge is 2.28. The molecule has 3 rings (SSSR count). The van der Waals surface area contributed by atoms with E-state index < -0.39 is 17.2 Å². The molecule has 30 heavy (non-hydrogen) atoms. The maximum Gasteiger partial charge on any atom is 0.410 e. The Balaban J connectivity index is 1.45. The van der Waals surface area contributed by atoms with Gasteiger partial charge in [-0.1, -0.05) is 5.16 Å². The zero-order chi connectivity index (χ0) is 21.9. The van der Waals surface area contributed by atoms with Gasteiger partial charge in [-0.15, -0.1) is 0 Å². The summed E-state index contributed by atoms with van der Waals surface area (Å²) < 4.78 is 33.2. The van der Waals surface area contributed by atoms with E-state index in [4.69, 9.17) is 15.3 Å². The van der Waals surface area contributed by atoms with Crippen molar-refractivity contribution in [3.63, 3.8) is 0 Å². The predicted molar refractivity (Wildman–Crippen MR) is 111 cm³/mol. The Labute approximate surface area is 176 Å². The number of rotatable bonds is 3. The van der Waals surface area contributed by atoms with Crippen LogP contribution in [0.25, 0.3) is 0 Å². The van der Waals surface area contributed by atoms with Gasteiger partial charge in [0.05, 0.1) is 11.4 Å². The average Bonchev–Trinajstić information content (AvgIpc) is 2.69. The lowest BCUT2D eigenvalue weighted by Gasteiger charge is -2.32. The second-order valence-electron chi connectivity index (χ2n) is 9.10. The van der Waals surface area contributed by atoms with Crippen LogP contribution in [0.5, 0.6) is 0 Å². The van der Waals surface area contributed by atoms with Gasteiger partial charge in [0.1, 0.15) is 23.3 Å². The van der Waals surface area contributed by atoms with E-state index in [1.54, 1.807) is 4.90 Å². The standard InChI is InChI=1S/C22H31F2N3O3/c1-22(2,3)29-21(28)27-10-8-16(9-11-27)30-26-15-6-4-14(5-7-15)17-12-19(24)20(25)13-18(17)23/h12-14,16H,4-11,25H2,1-3H3. The Kier molecular flexibility index (Phi) is 6.83. The molecule has 0 aromatic heterocycles. The van der Waals surface area contributed by atoms with Crippen molar-refractivity contribution in [3.8, 4) is 0 Å². The molecule has 1 saturated heterocycles. The van der Waals surface area contributed by atoms with Crippen LogP contribution in [-0.4, -0.2) is 41.5 Å². The number of ether oxygens (including phenoxy) is 1. The maximum atomic E-state index is 14.1. The van der Waals surface area contributed by atoms with Crippen molar-refractivity contribution < 1.29 is 23.1 Å². The number of benzene rings is 1. The second-order valence-corrected chi connectivity index (χ2v) is 9.10. The number of carbonyl (C=O) groups excluding carboxylic acids is 1. The van der Waals surface area contributed by atoms with E-state index in [1.807, 2.05) is 20.8 Å².